The zero-order valence-electron chi connectivity index (χ0n) is 8.87. The van der Waals surface area contributed by atoms with Crippen molar-refractivity contribution in [2.24, 2.45) is 0 Å². The van der Waals surface area contributed by atoms with E-state index in [-0.39, 0.29) is 17.7 Å². The van der Waals surface area contributed by atoms with Gasteiger partial charge in [0, 0.05) is 0 Å². The lowest BCUT2D eigenvalue weighted by atomic mass is 10.1. The summed E-state index contributed by atoms with van der Waals surface area (Å²) in [6.45, 7) is -0.919. The van der Waals surface area contributed by atoms with Crippen molar-refractivity contribution in [3.63, 3.8) is 0 Å². The lowest BCUT2D eigenvalue weighted by molar-refractivity contribution is 0.00912. The van der Waals surface area contributed by atoms with Crippen molar-refractivity contribution in [1.29, 1.82) is 0 Å². The van der Waals surface area contributed by atoms with Gasteiger partial charge in [-0.2, -0.15) is 0 Å². The average molecular weight is 240 g/mol. The summed E-state index contributed by atoms with van der Waals surface area (Å²) in [4.78, 5) is 22.3. The molecule has 0 aliphatic heterocycles. The number of hydrogen-bond donors (Lipinski definition) is 3. The number of carboxylic acids is 1. The third-order valence-corrected chi connectivity index (χ3v) is 1.99. The van der Waals surface area contributed by atoms with Crippen molar-refractivity contribution in [3.8, 4) is 0 Å². The van der Waals surface area contributed by atoms with Gasteiger partial charge in [0.05, 0.1) is 17.7 Å². The number of carbonyl (C=O) groups excluding carboxylic acids is 1. The molecule has 0 amide bonds. The van der Waals surface area contributed by atoms with E-state index in [1.165, 1.54) is 24.3 Å². The molecule has 0 heterocycles. The van der Waals surface area contributed by atoms with Crippen LogP contribution in [0.3, 0.4) is 0 Å². The molecule has 0 aliphatic carbocycles. The van der Waals surface area contributed by atoms with Crippen LogP contribution < -0.4 is 0 Å². The summed E-state index contributed by atoms with van der Waals surface area (Å²) >= 11 is 0. The lowest BCUT2D eigenvalue weighted by Crippen LogP contribution is -2.22. The van der Waals surface area contributed by atoms with Gasteiger partial charge in [-0.3, -0.25) is 0 Å². The molecule has 6 nitrogen and oxygen atoms in total. The summed E-state index contributed by atoms with van der Waals surface area (Å²) in [7, 11) is 0. The Hall–Kier alpha value is -1.92. The van der Waals surface area contributed by atoms with Gasteiger partial charge in [0.2, 0.25) is 0 Å². The Labute approximate surface area is 97.1 Å². The number of benzene rings is 1. The van der Waals surface area contributed by atoms with Crippen LogP contribution in [-0.4, -0.2) is 46.6 Å². The number of aliphatic hydroxyl groups is 2. The minimum Gasteiger partial charge on any atom is -0.478 e. The molecule has 1 aromatic carbocycles. The Kier molecular flexibility index (Phi) is 4.62. The SMILES string of the molecule is O=C(O)c1ccccc1C(=O)OCC(O)CO. The van der Waals surface area contributed by atoms with Crippen molar-refractivity contribution in [1.82, 2.24) is 0 Å². The van der Waals surface area contributed by atoms with Gasteiger partial charge in [-0.05, 0) is 12.1 Å². The summed E-state index contributed by atoms with van der Waals surface area (Å²) in [6, 6.07) is 5.59. The highest BCUT2D eigenvalue weighted by molar-refractivity contribution is 6.02. The first-order chi connectivity index (χ1) is 8.06. The highest BCUT2D eigenvalue weighted by atomic mass is 16.5. The quantitative estimate of drug-likeness (QED) is 0.620. The molecule has 17 heavy (non-hydrogen) atoms. The van der Waals surface area contributed by atoms with E-state index < -0.39 is 24.6 Å². The molecule has 0 aromatic heterocycles. The van der Waals surface area contributed by atoms with Gasteiger partial charge >= 0.3 is 11.9 Å². The third-order valence-electron chi connectivity index (χ3n) is 1.99. The van der Waals surface area contributed by atoms with E-state index in [4.69, 9.17) is 15.3 Å². The minimum absolute atomic E-state index is 0.0925. The number of esters is 1. The van der Waals surface area contributed by atoms with Crippen molar-refractivity contribution in [2.45, 2.75) is 6.10 Å². The van der Waals surface area contributed by atoms with Crippen molar-refractivity contribution >= 4 is 11.9 Å². The largest absolute Gasteiger partial charge is 0.478 e. The molecule has 3 N–H and O–H groups in total. The molecular formula is C11H12O6. The molecule has 92 valence electrons. The van der Waals surface area contributed by atoms with Gasteiger partial charge in [-0.1, -0.05) is 12.1 Å². The second-order valence-corrected chi connectivity index (χ2v) is 3.29. The van der Waals surface area contributed by atoms with E-state index in [1.807, 2.05) is 0 Å². The highest BCUT2D eigenvalue weighted by Gasteiger charge is 2.17. The Morgan fingerprint density at radius 3 is 2.35 bits per heavy atom. The van der Waals surface area contributed by atoms with Gasteiger partial charge in [0.1, 0.15) is 12.7 Å². The van der Waals surface area contributed by atoms with Gasteiger partial charge in [0.25, 0.3) is 0 Å². The second-order valence-electron chi connectivity index (χ2n) is 3.29. The predicted octanol–water partition coefficient (Wildman–Crippen LogP) is -0.105. The first-order valence-electron chi connectivity index (χ1n) is 4.84. The molecule has 0 aliphatic rings. The number of aliphatic hydroxyl groups excluding tert-OH is 2. The van der Waals surface area contributed by atoms with Crippen LogP contribution in [0.25, 0.3) is 0 Å². The third kappa shape index (κ3) is 3.54. The number of ether oxygens (including phenoxy) is 1. The summed E-state index contributed by atoms with van der Waals surface area (Å²) in [5, 5.41) is 26.4. The van der Waals surface area contributed by atoms with Crippen molar-refractivity contribution in [2.75, 3.05) is 13.2 Å². The summed E-state index contributed by atoms with van der Waals surface area (Å²) in [5.41, 5.74) is -0.263. The summed E-state index contributed by atoms with van der Waals surface area (Å²) < 4.78 is 4.66. The van der Waals surface area contributed by atoms with Gasteiger partial charge in [-0.15, -0.1) is 0 Å². The number of hydrogen-bond acceptors (Lipinski definition) is 5. The van der Waals surface area contributed by atoms with Crippen LogP contribution in [0.1, 0.15) is 20.7 Å². The Bertz CT molecular complexity index is 414. The van der Waals surface area contributed by atoms with Crippen LogP contribution in [0.4, 0.5) is 0 Å². The van der Waals surface area contributed by atoms with E-state index in [0.29, 0.717) is 0 Å². The van der Waals surface area contributed by atoms with E-state index in [9.17, 15) is 9.59 Å². The van der Waals surface area contributed by atoms with E-state index >= 15 is 0 Å². The number of aromatic carboxylic acids is 1. The summed E-state index contributed by atoms with van der Waals surface area (Å²) in [6.07, 6.45) is -1.17. The molecule has 0 saturated heterocycles. The van der Waals surface area contributed by atoms with Crippen LogP contribution in [-0.2, 0) is 4.74 Å². The van der Waals surface area contributed by atoms with Crippen LogP contribution in [0, 0.1) is 0 Å². The monoisotopic (exact) mass is 240 g/mol. The number of rotatable bonds is 5. The molecule has 0 fully saturated rings. The van der Waals surface area contributed by atoms with Gasteiger partial charge in [-0.25, -0.2) is 9.59 Å². The van der Waals surface area contributed by atoms with Crippen LogP contribution in [0.2, 0.25) is 0 Å². The molecule has 1 aromatic rings. The molecule has 6 heteroatoms. The molecule has 1 rings (SSSR count). The molecule has 0 radical (unpaired) electrons. The summed E-state index contributed by atoms with van der Waals surface area (Å²) in [5.74, 6) is -2.09. The molecule has 0 bridgehead atoms. The van der Waals surface area contributed by atoms with Gasteiger partial charge < -0.3 is 20.1 Å². The topological polar surface area (TPSA) is 104 Å². The number of carboxylic acid groups (broad SMARTS) is 1. The Morgan fingerprint density at radius 2 is 1.82 bits per heavy atom. The first kappa shape index (κ1) is 13.1. The van der Waals surface area contributed by atoms with E-state index in [1.54, 1.807) is 0 Å². The fraction of sp³-hybridized carbons (Fsp3) is 0.273. The van der Waals surface area contributed by atoms with Crippen molar-refractivity contribution in [3.05, 3.63) is 35.4 Å². The molecular weight excluding hydrogens is 228 g/mol. The first-order valence-corrected chi connectivity index (χ1v) is 4.84. The zero-order valence-corrected chi connectivity index (χ0v) is 8.87. The fourth-order valence-electron chi connectivity index (χ4n) is 1.15. The second kappa shape index (κ2) is 5.97. The molecule has 1 unspecified atom stereocenters. The van der Waals surface area contributed by atoms with Crippen molar-refractivity contribution < 1.29 is 29.6 Å². The standard InChI is InChI=1S/C11H12O6/c12-5-7(13)6-17-11(16)9-4-2-1-3-8(9)10(14)15/h1-4,7,12-13H,5-6H2,(H,14,15). The Morgan fingerprint density at radius 1 is 1.24 bits per heavy atom. The molecule has 1 atom stereocenters. The van der Waals surface area contributed by atoms with Crippen LogP contribution in [0.15, 0.2) is 24.3 Å². The number of carbonyl (C=O) groups is 2. The smallest absolute Gasteiger partial charge is 0.339 e. The highest BCUT2D eigenvalue weighted by Crippen LogP contribution is 2.10. The lowest BCUT2D eigenvalue weighted by Gasteiger charge is -2.09. The minimum atomic E-state index is -1.24. The Balaban J connectivity index is 2.78. The average Bonchev–Trinajstić information content (AvgIpc) is 2.35. The van der Waals surface area contributed by atoms with Gasteiger partial charge in [0.15, 0.2) is 0 Å². The maximum absolute atomic E-state index is 11.5. The normalized spacial score (nSPS) is 11.9. The maximum Gasteiger partial charge on any atom is 0.339 e. The molecule has 0 saturated carbocycles. The predicted molar refractivity (Wildman–Crippen MR) is 56.8 cm³/mol. The van der Waals surface area contributed by atoms with E-state index in [0.717, 1.165) is 0 Å². The van der Waals surface area contributed by atoms with E-state index in [2.05, 4.69) is 4.74 Å². The molecule has 0 spiro atoms. The fourth-order valence-corrected chi connectivity index (χ4v) is 1.15. The van der Waals surface area contributed by atoms with Crippen LogP contribution >= 0.6 is 0 Å². The maximum atomic E-state index is 11.5. The van der Waals surface area contributed by atoms with Crippen LogP contribution in [0.5, 0.6) is 0 Å². The zero-order chi connectivity index (χ0) is 12.8.